The van der Waals surface area contributed by atoms with E-state index in [4.69, 9.17) is 0 Å². The van der Waals surface area contributed by atoms with Gasteiger partial charge in [-0.05, 0) is 26.9 Å². The first-order chi connectivity index (χ1) is 9.61. The van der Waals surface area contributed by atoms with E-state index in [1.165, 1.54) is 11.3 Å². The van der Waals surface area contributed by atoms with Crippen molar-refractivity contribution in [3.63, 3.8) is 0 Å². The van der Waals surface area contributed by atoms with Gasteiger partial charge < -0.3 is 5.32 Å². The third kappa shape index (κ3) is 3.37. The third-order valence-electron chi connectivity index (χ3n) is 2.94. The fourth-order valence-corrected chi connectivity index (χ4v) is 2.70. The summed E-state index contributed by atoms with van der Waals surface area (Å²) in [6.45, 7) is 2.66. The van der Waals surface area contributed by atoms with Crippen molar-refractivity contribution in [3.8, 4) is 10.6 Å². The van der Waals surface area contributed by atoms with Crippen LogP contribution in [0.4, 0.5) is 5.69 Å². The molecule has 7 heteroatoms. The van der Waals surface area contributed by atoms with Gasteiger partial charge in [0.05, 0.1) is 4.92 Å². The van der Waals surface area contributed by atoms with E-state index in [2.05, 4.69) is 15.5 Å². The Morgan fingerprint density at radius 3 is 2.90 bits per heavy atom. The molecule has 2 aromatic rings. The summed E-state index contributed by atoms with van der Waals surface area (Å²) in [4.78, 5) is 10.6. The molecule has 0 radical (unpaired) electrons. The molecular formula is C13H16N4O2S. The Bertz CT molecular complexity index is 612. The lowest BCUT2D eigenvalue weighted by Crippen LogP contribution is -2.08. The standard InChI is InChI=1S/C13H16N4O2S/c1-9-5-6-10(8-11(9)17(18)19)13-16-15-12(20-13)4-3-7-14-2/h5-6,8,14H,3-4,7H2,1-2H3. The first-order valence-electron chi connectivity index (χ1n) is 6.34. The van der Waals surface area contributed by atoms with Crippen LogP contribution in [0.5, 0.6) is 0 Å². The van der Waals surface area contributed by atoms with Gasteiger partial charge in [-0.2, -0.15) is 0 Å². The van der Waals surface area contributed by atoms with E-state index >= 15 is 0 Å². The van der Waals surface area contributed by atoms with E-state index in [1.807, 2.05) is 13.1 Å². The van der Waals surface area contributed by atoms with Crippen LogP contribution in [0.15, 0.2) is 18.2 Å². The van der Waals surface area contributed by atoms with E-state index in [-0.39, 0.29) is 10.6 Å². The minimum absolute atomic E-state index is 0.120. The van der Waals surface area contributed by atoms with Gasteiger partial charge in [0.15, 0.2) is 0 Å². The van der Waals surface area contributed by atoms with Gasteiger partial charge in [-0.15, -0.1) is 10.2 Å². The molecule has 0 unspecified atom stereocenters. The lowest BCUT2D eigenvalue weighted by molar-refractivity contribution is -0.385. The Labute approximate surface area is 121 Å². The molecule has 6 nitrogen and oxygen atoms in total. The van der Waals surface area contributed by atoms with Crippen LogP contribution in [0.1, 0.15) is 17.0 Å². The Morgan fingerprint density at radius 2 is 2.20 bits per heavy atom. The zero-order valence-electron chi connectivity index (χ0n) is 11.4. The number of aryl methyl sites for hydroxylation is 2. The number of rotatable bonds is 6. The largest absolute Gasteiger partial charge is 0.320 e. The van der Waals surface area contributed by atoms with Crippen molar-refractivity contribution in [1.29, 1.82) is 0 Å². The van der Waals surface area contributed by atoms with E-state index < -0.39 is 0 Å². The number of nitrogens with zero attached hydrogens (tertiary/aromatic N) is 3. The van der Waals surface area contributed by atoms with Crippen LogP contribution in [0.2, 0.25) is 0 Å². The van der Waals surface area contributed by atoms with Gasteiger partial charge >= 0.3 is 0 Å². The molecule has 0 aliphatic rings. The predicted octanol–water partition coefficient (Wildman–Crippen LogP) is 2.57. The summed E-state index contributed by atoms with van der Waals surface area (Å²) in [5.41, 5.74) is 1.52. The maximum Gasteiger partial charge on any atom is 0.273 e. The molecule has 0 amide bonds. The highest BCUT2D eigenvalue weighted by Crippen LogP contribution is 2.29. The molecule has 1 N–H and O–H groups in total. The Balaban J connectivity index is 2.19. The Kier molecular flexibility index (Phi) is 4.75. The van der Waals surface area contributed by atoms with Crippen LogP contribution in [0, 0.1) is 17.0 Å². The highest BCUT2D eigenvalue weighted by atomic mass is 32.1. The van der Waals surface area contributed by atoms with Crippen molar-refractivity contribution < 1.29 is 4.92 Å². The zero-order valence-corrected chi connectivity index (χ0v) is 12.2. The molecule has 20 heavy (non-hydrogen) atoms. The topological polar surface area (TPSA) is 81.0 Å². The summed E-state index contributed by atoms with van der Waals surface area (Å²) >= 11 is 1.49. The fraction of sp³-hybridized carbons (Fsp3) is 0.385. The molecule has 0 saturated heterocycles. The van der Waals surface area contributed by atoms with E-state index in [9.17, 15) is 10.1 Å². The Morgan fingerprint density at radius 1 is 1.40 bits per heavy atom. The first kappa shape index (κ1) is 14.5. The van der Waals surface area contributed by atoms with Crippen molar-refractivity contribution in [1.82, 2.24) is 15.5 Å². The molecule has 0 bridgehead atoms. The number of nitro groups is 1. The molecule has 1 heterocycles. The number of benzene rings is 1. The molecule has 106 valence electrons. The van der Waals surface area contributed by atoms with Crippen LogP contribution in [0.3, 0.4) is 0 Å². The summed E-state index contributed by atoms with van der Waals surface area (Å²) < 4.78 is 0. The van der Waals surface area contributed by atoms with Crippen LogP contribution in [-0.2, 0) is 6.42 Å². The molecule has 2 rings (SSSR count). The van der Waals surface area contributed by atoms with Crippen molar-refractivity contribution in [2.45, 2.75) is 19.8 Å². The van der Waals surface area contributed by atoms with Gasteiger partial charge in [0.2, 0.25) is 0 Å². The highest BCUT2D eigenvalue weighted by molar-refractivity contribution is 7.14. The number of nitrogens with one attached hydrogen (secondary N) is 1. The lowest BCUT2D eigenvalue weighted by Gasteiger charge is -1.99. The van der Waals surface area contributed by atoms with Gasteiger partial charge in [0.25, 0.3) is 5.69 Å². The number of aromatic nitrogens is 2. The van der Waals surface area contributed by atoms with E-state index in [0.29, 0.717) is 5.56 Å². The van der Waals surface area contributed by atoms with Gasteiger partial charge in [-0.25, -0.2) is 0 Å². The number of hydrogen-bond donors (Lipinski definition) is 1. The summed E-state index contributed by atoms with van der Waals surface area (Å²) in [5.74, 6) is 0. The van der Waals surface area contributed by atoms with Crippen LogP contribution in [-0.4, -0.2) is 28.7 Å². The second-order valence-electron chi connectivity index (χ2n) is 4.47. The summed E-state index contributed by atoms with van der Waals surface area (Å²) in [6, 6.07) is 5.16. The SMILES string of the molecule is CNCCCc1nnc(-c2ccc(C)c([N+](=O)[O-])c2)s1. The number of nitro benzene ring substituents is 1. The molecule has 0 aliphatic heterocycles. The minimum atomic E-state index is -0.367. The maximum absolute atomic E-state index is 11.0. The molecule has 1 aromatic heterocycles. The fourth-order valence-electron chi connectivity index (χ4n) is 1.83. The average molecular weight is 292 g/mol. The highest BCUT2D eigenvalue weighted by Gasteiger charge is 2.14. The first-order valence-corrected chi connectivity index (χ1v) is 7.16. The molecule has 0 spiro atoms. The van der Waals surface area contributed by atoms with Crippen LogP contribution >= 0.6 is 11.3 Å². The monoisotopic (exact) mass is 292 g/mol. The molecule has 1 aromatic carbocycles. The third-order valence-corrected chi connectivity index (χ3v) is 3.97. The van der Waals surface area contributed by atoms with E-state index in [1.54, 1.807) is 19.1 Å². The quantitative estimate of drug-likeness (QED) is 0.503. The molecule has 0 saturated carbocycles. The Hall–Kier alpha value is -1.86. The van der Waals surface area contributed by atoms with Gasteiger partial charge in [0.1, 0.15) is 10.0 Å². The summed E-state index contributed by atoms with van der Waals surface area (Å²) in [6.07, 6.45) is 1.87. The van der Waals surface area contributed by atoms with Crippen LogP contribution in [0.25, 0.3) is 10.6 Å². The van der Waals surface area contributed by atoms with Gasteiger partial charge in [-0.1, -0.05) is 23.5 Å². The molecular weight excluding hydrogens is 276 g/mol. The normalized spacial score (nSPS) is 10.7. The average Bonchev–Trinajstić information content (AvgIpc) is 2.88. The summed E-state index contributed by atoms with van der Waals surface area (Å²) in [5, 5.41) is 24.0. The molecule has 0 aliphatic carbocycles. The van der Waals surface area contributed by atoms with Gasteiger partial charge in [0, 0.05) is 23.6 Å². The smallest absolute Gasteiger partial charge is 0.273 e. The van der Waals surface area contributed by atoms with Gasteiger partial charge in [-0.3, -0.25) is 10.1 Å². The number of hydrogen-bond acceptors (Lipinski definition) is 6. The maximum atomic E-state index is 11.0. The van der Waals surface area contributed by atoms with Crippen LogP contribution < -0.4 is 5.32 Å². The zero-order chi connectivity index (χ0) is 14.5. The van der Waals surface area contributed by atoms with Crippen molar-refractivity contribution >= 4 is 17.0 Å². The second-order valence-corrected chi connectivity index (χ2v) is 5.53. The lowest BCUT2D eigenvalue weighted by atomic mass is 10.1. The van der Waals surface area contributed by atoms with E-state index in [0.717, 1.165) is 35.0 Å². The second kappa shape index (κ2) is 6.53. The predicted molar refractivity (Wildman–Crippen MR) is 79.0 cm³/mol. The molecule has 0 fully saturated rings. The summed E-state index contributed by atoms with van der Waals surface area (Å²) in [7, 11) is 1.91. The van der Waals surface area contributed by atoms with Crippen molar-refractivity contribution in [3.05, 3.63) is 38.9 Å². The minimum Gasteiger partial charge on any atom is -0.320 e. The van der Waals surface area contributed by atoms with Crippen molar-refractivity contribution in [2.24, 2.45) is 0 Å². The molecule has 0 atom stereocenters. The van der Waals surface area contributed by atoms with Crippen molar-refractivity contribution in [2.75, 3.05) is 13.6 Å².